The van der Waals surface area contributed by atoms with E-state index in [9.17, 15) is 4.57 Å². The molecule has 1 aromatic carbocycles. The van der Waals surface area contributed by atoms with Crippen LogP contribution in [-0.4, -0.2) is 30.5 Å². The molecular weight excluding hydrogens is 345 g/mol. The number of nitrogen functional groups attached to an aromatic ring is 1. The first-order valence-corrected chi connectivity index (χ1v) is 8.62. The van der Waals surface area contributed by atoms with E-state index >= 15 is 0 Å². The van der Waals surface area contributed by atoms with Crippen molar-refractivity contribution in [1.29, 1.82) is 0 Å². The van der Waals surface area contributed by atoms with Crippen LogP contribution in [0.2, 0.25) is 0 Å². The number of rotatable bonds is 7. The van der Waals surface area contributed by atoms with E-state index in [-0.39, 0.29) is 12.7 Å². The third-order valence-electron chi connectivity index (χ3n) is 3.56. The number of aromatic nitrogens is 4. The molecule has 2 aromatic heterocycles. The Bertz CT molecular complexity index is 901. The maximum atomic E-state index is 10.9. The van der Waals surface area contributed by atoms with Gasteiger partial charge in [-0.15, -0.1) is 4.89 Å². The first kappa shape index (κ1) is 17.2. The average Bonchev–Trinajstić information content (AvgIpc) is 2.98. The van der Waals surface area contributed by atoms with E-state index in [0.717, 1.165) is 0 Å². The van der Waals surface area contributed by atoms with Crippen LogP contribution in [0.15, 0.2) is 36.9 Å². The molecule has 2 heterocycles. The van der Waals surface area contributed by atoms with Gasteiger partial charge in [0.1, 0.15) is 11.8 Å². The summed E-state index contributed by atoms with van der Waals surface area (Å²) in [4.78, 5) is 21.2. The highest BCUT2D eigenvalue weighted by molar-refractivity contribution is 7.32. The number of imidazole rings is 1. The van der Waals surface area contributed by atoms with Crippen molar-refractivity contribution in [2.45, 2.75) is 26.2 Å². The first-order chi connectivity index (χ1) is 12.0. The van der Waals surface area contributed by atoms with Gasteiger partial charge >= 0.3 is 8.25 Å². The van der Waals surface area contributed by atoms with Gasteiger partial charge in [0.05, 0.1) is 25.6 Å². The van der Waals surface area contributed by atoms with Crippen molar-refractivity contribution >= 4 is 25.2 Å². The Balaban J connectivity index is 1.66. The number of anilines is 1. The van der Waals surface area contributed by atoms with Gasteiger partial charge in [0.15, 0.2) is 17.2 Å². The van der Waals surface area contributed by atoms with Gasteiger partial charge in [-0.05, 0) is 13.0 Å². The van der Waals surface area contributed by atoms with Gasteiger partial charge in [-0.2, -0.15) is 0 Å². The number of nitrogens with two attached hydrogens (primary N) is 1. The number of fused-ring (bicyclic) bond motifs is 1. The molecule has 0 aliphatic heterocycles. The second-order valence-corrected chi connectivity index (χ2v) is 6.04. The van der Waals surface area contributed by atoms with Crippen LogP contribution in [0.25, 0.3) is 11.2 Å². The molecule has 0 amide bonds. The second-order valence-electron chi connectivity index (χ2n) is 5.39. The van der Waals surface area contributed by atoms with Gasteiger partial charge in [0.2, 0.25) is 0 Å². The summed E-state index contributed by atoms with van der Waals surface area (Å²) >= 11 is 0. The van der Waals surface area contributed by atoms with Crippen LogP contribution in [0.1, 0.15) is 12.5 Å². The maximum absolute atomic E-state index is 10.9. The molecule has 0 aliphatic carbocycles. The van der Waals surface area contributed by atoms with Crippen LogP contribution in [0.4, 0.5) is 5.82 Å². The van der Waals surface area contributed by atoms with Crippen molar-refractivity contribution in [3.05, 3.63) is 42.5 Å². The molecule has 10 heteroatoms. The van der Waals surface area contributed by atoms with Gasteiger partial charge in [-0.25, -0.2) is 19.5 Å². The Morgan fingerprint density at radius 2 is 2.12 bits per heavy atom. The fourth-order valence-electron chi connectivity index (χ4n) is 2.39. The molecule has 3 rings (SSSR count). The highest BCUT2D eigenvalue weighted by atomic mass is 31.1. The SMILES string of the molecule is CC(Cn1cnc2c(N)ncnc21)OCc1ccccc1O[P+](=O)O. The van der Waals surface area contributed by atoms with Crippen LogP contribution < -0.4 is 10.3 Å². The van der Waals surface area contributed by atoms with Crippen LogP contribution in [0, 0.1) is 0 Å². The highest BCUT2D eigenvalue weighted by Crippen LogP contribution is 2.27. The van der Waals surface area contributed by atoms with Crippen molar-refractivity contribution < 1.29 is 18.7 Å². The second kappa shape index (κ2) is 7.52. The Kier molecular flexibility index (Phi) is 5.18. The summed E-state index contributed by atoms with van der Waals surface area (Å²) in [5.74, 6) is 0.661. The lowest BCUT2D eigenvalue weighted by atomic mass is 10.2. The van der Waals surface area contributed by atoms with E-state index in [0.29, 0.717) is 34.8 Å². The summed E-state index contributed by atoms with van der Waals surface area (Å²) in [5, 5.41) is 0. The largest absolute Gasteiger partial charge is 0.747 e. The van der Waals surface area contributed by atoms with Crippen molar-refractivity contribution in [1.82, 2.24) is 19.5 Å². The van der Waals surface area contributed by atoms with E-state index in [2.05, 4.69) is 15.0 Å². The quantitative estimate of drug-likeness (QED) is 0.612. The molecule has 130 valence electrons. The Morgan fingerprint density at radius 1 is 1.32 bits per heavy atom. The smallest absolute Gasteiger partial charge is 0.382 e. The predicted octanol–water partition coefficient (Wildman–Crippen LogP) is 2.04. The zero-order valence-corrected chi connectivity index (χ0v) is 14.3. The number of para-hydroxylation sites is 1. The summed E-state index contributed by atoms with van der Waals surface area (Å²) < 4.78 is 23.4. The van der Waals surface area contributed by atoms with Crippen molar-refractivity contribution in [3.8, 4) is 5.75 Å². The maximum Gasteiger partial charge on any atom is 0.747 e. The molecule has 9 nitrogen and oxygen atoms in total. The topological polar surface area (TPSA) is 125 Å². The minimum absolute atomic E-state index is 0.162. The zero-order chi connectivity index (χ0) is 17.8. The Labute approximate surface area is 144 Å². The number of hydrogen-bond donors (Lipinski definition) is 2. The average molecular weight is 362 g/mol. The molecule has 0 aliphatic rings. The molecule has 0 bridgehead atoms. The number of nitrogens with zero attached hydrogens (tertiary/aromatic N) is 4. The van der Waals surface area contributed by atoms with Crippen molar-refractivity contribution in [2.24, 2.45) is 0 Å². The van der Waals surface area contributed by atoms with E-state index in [4.69, 9.17) is 19.9 Å². The van der Waals surface area contributed by atoms with E-state index < -0.39 is 8.25 Å². The van der Waals surface area contributed by atoms with Gasteiger partial charge in [0.25, 0.3) is 0 Å². The minimum Gasteiger partial charge on any atom is -0.382 e. The fourth-order valence-corrected chi connectivity index (χ4v) is 2.74. The van der Waals surface area contributed by atoms with Crippen molar-refractivity contribution in [2.75, 3.05) is 5.73 Å². The van der Waals surface area contributed by atoms with E-state index in [1.165, 1.54) is 6.33 Å². The van der Waals surface area contributed by atoms with Crippen LogP contribution in [-0.2, 0) is 22.5 Å². The molecule has 3 aromatic rings. The van der Waals surface area contributed by atoms with Crippen LogP contribution >= 0.6 is 8.25 Å². The molecular formula is C15H17N5O4P+. The molecule has 2 unspecified atom stereocenters. The van der Waals surface area contributed by atoms with Crippen molar-refractivity contribution in [3.63, 3.8) is 0 Å². The lowest BCUT2D eigenvalue weighted by molar-refractivity contribution is 0.0418. The van der Waals surface area contributed by atoms with Gasteiger partial charge in [-0.1, -0.05) is 18.2 Å². The number of ether oxygens (including phenoxy) is 1. The fraction of sp³-hybridized carbons (Fsp3) is 0.267. The highest BCUT2D eigenvalue weighted by Gasteiger charge is 2.18. The van der Waals surface area contributed by atoms with Gasteiger partial charge < -0.3 is 15.0 Å². The molecule has 3 N–H and O–H groups in total. The molecule has 0 radical (unpaired) electrons. The predicted molar refractivity (Wildman–Crippen MR) is 90.9 cm³/mol. The van der Waals surface area contributed by atoms with Gasteiger partial charge in [0, 0.05) is 10.1 Å². The van der Waals surface area contributed by atoms with E-state index in [1.54, 1.807) is 24.5 Å². The summed E-state index contributed by atoms with van der Waals surface area (Å²) in [6.07, 6.45) is 2.87. The van der Waals surface area contributed by atoms with Crippen LogP contribution in [0.5, 0.6) is 5.75 Å². The number of hydrogen-bond acceptors (Lipinski definition) is 7. The monoisotopic (exact) mass is 362 g/mol. The third kappa shape index (κ3) is 4.08. The minimum atomic E-state index is -2.72. The first-order valence-electron chi connectivity index (χ1n) is 7.49. The molecule has 0 spiro atoms. The molecule has 25 heavy (non-hydrogen) atoms. The zero-order valence-electron chi connectivity index (χ0n) is 13.4. The summed E-state index contributed by atoms with van der Waals surface area (Å²) in [5.41, 5.74) is 7.66. The normalized spacial score (nSPS) is 13.0. The molecule has 2 atom stereocenters. The summed E-state index contributed by atoms with van der Waals surface area (Å²) in [7, 11) is -2.72. The van der Waals surface area contributed by atoms with Gasteiger partial charge in [-0.3, -0.25) is 0 Å². The summed E-state index contributed by atoms with van der Waals surface area (Å²) in [6, 6.07) is 6.93. The summed E-state index contributed by atoms with van der Waals surface area (Å²) in [6.45, 7) is 2.67. The number of benzene rings is 1. The molecule has 0 saturated heterocycles. The molecule has 0 fully saturated rings. The standard InChI is InChI=1S/C15H16N5O4P/c1-10(6-20-9-19-13-14(16)17-8-18-15(13)20)23-7-11-4-2-3-5-12(11)24-25(21)22/h2-5,8-10H,6-7H2,1H3,(H2-,16,17,18,21,22)/p+1. The van der Waals surface area contributed by atoms with E-state index in [1.807, 2.05) is 17.6 Å². The third-order valence-corrected chi connectivity index (χ3v) is 3.91. The Morgan fingerprint density at radius 3 is 2.92 bits per heavy atom. The van der Waals surface area contributed by atoms with Crippen LogP contribution in [0.3, 0.4) is 0 Å². The lowest BCUT2D eigenvalue weighted by Crippen LogP contribution is -2.16. The molecule has 0 saturated carbocycles. The lowest BCUT2D eigenvalue weighted by Gasteiger charge is -2.14. The Hall–Kier alpha value is -2.61.